The van der Waals surface area contributed by atoms with E-state index in [0.29, 0.717) is 16.6 Å². The van der Waals surface area contributed by atoms with Crippen molar-refractivity contribution in [1.29, 1.82) is 0 Å². The molecule has 0 aliphatic heterocycles. The Morgan fingerprint density at radius 1 is 1.32 bits per heavy atom. The molecule has 7 heteroatoms. The quantitative estimate of drug-likeness (QED) is 0.665. The number of aryl methyl sites for hydroxylation is 1. The Hall–Kier alpha value is -2.02. The van der Waals surface area contributed by atoms with Gasteiger partial charge in [0, 0.05) is 11.1 Å². The second kappa shape index (κ2) is 4.93. The van der Waals surface area contributed by atoms with Gasteiger partial charge in [-0.25, -0.2) is 0 Å². The molecule has 1 aromatic carbocycles. The van der Waals surface area contributed by atoms with Crippen molar-refractivity contribution in [3.8, 4) is 5.75 Å². The van der Waals surface area contributed by atoms with Crippen molar-refractivity contribution in [2.24, 2.45) is 5.84 Å². The molecule has 19 heavy (non-hydrogen) atoms. The molecule has 0 fully saturated rings. The molecule has 3 N–H and O–H groups in total. The van der Waals surface area contributed by atoms with Crippen LogP contribution < -0.4 is 16.0 Å². The zero-order valence-electron chi connectivity index (χ0n) is 10.1. The summed E-state index contributed by atoms with van der Waals surface area (Å²) >= 11 is 0. The standard InChI is InChI=1S/C12H12F3N3O/c1-7-4-11(18-16)9-5-8(2-3-10(9)17-7)19-6-12(13,14)15/h2-5H,6,16H2,1H3,(H,17,18). The van der Waals surface area contributed by atoms with Gasteiger partial charge < -0.3 is 10.2 Å². The van der Waals surface area contributed by atoms with Gasteiger partial charge in [0.1, 0.15) is 5.75 Å². The van der Waals surface area contributed by atoms with Crippen LogP contribution in [0.1, 0.15) is 5.69 Å². The van der Waals surface area contributed by atoms with Crippen molar-refractivity contribution < 1.29 is 17.9 Å². The molecule has 0 aliphatic rings. The first-order valence-corrected chi connectivity index (χ1v) is 5.46. The van der Waals surface area contributed by atoms with Crippen molar-refractivity contribution >= 4 is 16.6 Å². The number of alkyl halides is 3. The van der Waals surface area contributed by atoms with E-state index in [-0.39, 0.29) is 5.75 Å². The highest BCUT2D eigenvalue weighted by Gasteiger charge is 2.28. The number of nitrogens with one attached hydrogen (secondary N) is 1. The molecule has 1 heterocycles. The van der Waals surface area contributed by atoms with Crippen LogP contribution in [0.4, 0.5) is 18.9 Å². The molecule has 0 amide bonds. The van der Waals surface area contributed by atoms with Crippen molar-refractivity contribution in [1.82, 2.24) is 4.98 Å². The Morgan fingerprint density at radius 3 is 2.68 bits per heavy atom. The highest BCUT2D eigenvalue weighted by Crippen LogP contribution is 2.27. The minimum atomic E-state index is -4.37. The summed E-state index contributed by atoms with van der Waals surface area (Å²) in [4.78, 5) is 4.26. The number of benzene rings is 1. The van der Waals surface area contributed by atoms with Crippen LogP contribution in [0.3, 0.4) is 0 Å². The third-order valence-electron chi connectivity index (χ3n) is 2.47. The molecule has 1 aromatic heterocycles. The number of nitrogens with two attached hydrogens (primary N) is 1. The van der Waals surface area contributed by atoms with E-state index in [1.54, 1.807) is 19.1 Å². The van der Waals surface area contributed by atoms with E-state index in [4.69, 9.17) is 5.84 Å². The number of nitrogen functional groups attached to an aromatic ring is 1. The number of hydrogen-bond acceptors (Lipinski definition) is 4. The second-order valence-corrected chi connectivity index (χ2v) is 4.04. The van der Waals surface area contributed by atoms with Crippen LogP contribution in [0.25, 0.3) is 10.9 Å². The van der Waals surface area contributed by atoms with E-state index < -0.39 is 12.8 Å². The lowest BCUT2D eigenvalue weighted by Crippen LogP contribution is -2.19. The number of fused-ring (bicyclic) bond motifs is 1. The molecule has 0 bridgehead atoms. The first kappa shape index (κ1) is 13.4. The normalized spacial score (nSPS) is 11.6. The summed E-state index contributed by atoms with van der Waals surface area (Å²) in [6, 6.07) is 6.22. The van der Waals surface area contributed by atoms with Gasteiger partial charge in [-0.15, -0.1) is 0 Å². The molecule has 4 nitrogen and oxygen atoms in total. The van der Waals surface area contributed by atoms with Crippen molar-refractivity contribution in [2.75, 3.05) is 12.0 Å². The third kappa shape index (κ3) is 3.25. The summed E-state index contributed by atoms with van der Waals surface area (Å²) in [7, 11) is 0. The van der Waals surface area contributed by atoms with Gasteiger partial charge in [-0.2, -0.15) is 13.2 Å². The van der Waals surface area contributed by atoms with E-state index >= 15 is 0 Å². The van der Waals surface area contributed by atoms with Gasteiger partial charge in [0.25, 0.3) is 0 Å². The molecule has 102 valence electrons. The SMILES string of the molecule is Cc1cc(NN)c2cc(OCC(F)(F)F)ccc2n1. The highest BCUT2D eigenvalue weighted by molar-refractivity contribution is 5.92. The molecule has 0 aliphatic carbocycles. The average molecular weight is 271 g/mol. The topological polar surface area (TPSA) is 60.2 Å². The molecule has 0 atom stereocenters. The lowest BCUT2D eigenvalue weighted by atomic mass is 10.1. The Bertz CT molecular complexity index is 599. The number of hydrogen-bond donors (Lipinski definition) is 2. The maximum Gasteiger partial charge on any atom is 0.422 e. The lowest BCUT2D eigenvalue weighted by Gasteiger charge is -2.11. The van der Waals surface area contributed by atoms with Gasteiger partial charge in [0.05, 0.1) is 11.2 Å². The summed E-state index contributed by atoms with van der Waals surface area (Å²) < 4.78 is 40.9. The molecule has 2 rings (SSSR count). The molecular weight excluding hydrogens is 259 g/mol. The summed E-state index contributed by atoms with van der Waals surface area (Å²) in [5.74, 6) is 5.50. The first-order chi connectivity index (χ1) is 8.89. The maximum absolute atomic E-state index is 12.1. The van der Waals surface area contributed by atoms with E-state index in [9.17, 15) is 13.2 Å². The predicted molar refractivity (Wildman–Crippen MR) is 65.8 cm³/mol. The third-order valence-corrected chi connectivity index (χ3v) is 2.47. The fourth-order valence-electron chi connectivity index (χ4n) is 1.71. The van der Waals surface area contributed by atoms with E-state index in [2.05, 4.69) is 15.1 Å². The van der Waals surface area contributed by atoms with Crippen LogP contribution >= 0.6 is 0 Å². The van der Waals surface area contributed by atoms with Gasteiger partial charge in [0.15, 0.2) is 6.61 Å². The summed E-state index contributed by atoms with van der Waals surface area (Å²) in [5.41, 5.74) is 4.46. The van der Waals surface area contributed by atoms with Crippen LogP contribution in [0.5, 0.6) is 5.75 Å². The smallest absolute Gasteiger partial charge is 0.422 e. The van der Waals surface area contributed by atoms with Crippen molar-refractivity contribution in [3.05, 3.63) is 30.0 Å². The molecule has 0 unspecified atom stereocenters. The minimum absolute atomic E-state index is 0.118. The zero-order valence-corrected chi connectivity index (χ0v) is 10.1. The Balaban J connectivity index is 2.37. The largest absolute Gasteiger partial charge is 0.484 e. The molecule has 0 saturated heterocycles. The number of ether oxygens (including phenoxy) is 1. The number of aromatic nitrogens is 1. The van der Waals surface area contributed by atoms with E-state index in [1.807, 2.05) is 0 Å². The molecule has 0 spiro atoms. The number of anilines is 1. The van der Waals surface area contributed by atoms with Gasteiger partial charge in [-0.3, -0.25) is 10.8 Å². The fraction of sp³-hybridized carbons (Fsp3) is 0.250. The summed E-state index contributed by atoms with van der Waals surface area (Å²) in [5, 5.41) is 0.604. The second-order valence-electron chi connectivity index (χ2n) is 4.04. The first-order valence-electron chi connectivity index (χ1n) is 5.46. The number of pyridine rings is 1. The number of nitrogens with zero attached hydrogens (tertiary/aromatic N) is 1. The van der Waals surface area contributed by atoms with E-state index in [0.717, 1.165) is 5.69 Å². The number of rotatable bonds is 3. The van der Waals surface area contributed by atoms with Crippen LogP contribution in [-0.2, 0) is 0 Å². The Kier molecular flexibility index (Phi) is 3.48. The average Bonchev–Trinajstić information content (AvgIpc) is 2.34. The number of hydrazine groups is 1. The van der Waals surface area contributed by atoms with Gasteiger partial charge in [0.2, 0.25) is 0 Å². The molecule has 0 radical (unpaired) electrons. The summed E-state index contributed by atoms with van der Waals surface area (Å²) in [6.45, 7) is 0.470. The minimum Gasteiger partial charge on any atom is -0.484 e. The van der Waals surface area contributed by atoms with Crippen molar-refractivity contribution in [2.45, 2.75) is 13.1 Å². The fourth-order valence-corrected chi connectivity index (χ4v) is 1.71. The van der Waals surface area contributed by atoms with Crippen molar-refractivity contribution in [3.63, 3.8) is 0 Å². The van der Waals surface area contributed by atoms with E-state index in [1.165, 1.54) is 12.1 Å². The zero-order chi connectivity index (χ0) is 14.0. The summed E-state index contributed by atoms with van der Waals surface area (Å²) in [6.07, 6.45) is -4.37. The van der Waals surface area contributed by atoms with Gasteiger partial charge in [-0.1, -0.05) is 0 Å². The predicted octanol–water partition coefficient (Wildman–Crippen LogP) is 2.77. The lowest BCUT2D eigenvalue weighted by molar-refractivity contribution is -0.153. The van der Waals surface area contributed by atoms with Crippen LogP contribution in [0.2, 0.25) is 0 Å². The Labute approximate surface area is 107 Å². The molecular formula is C12H12F3N3O. The maximum atomic E-state index is 12.1. The van der Waals surface area contributed by atoms with Crippen LogP contribution in [0.15, 0.2) is 24.3 Å². The molecule has 0 saturated carbocycles. The Morgan fingerprint density at radius 2 is 2.05 bits per heavy atom. The van der Waals surface area contributed by atoms with Gasteiger partial charge >= 0.3 is 6.18 Å². The van der Waals surface area contributed by atoms with Crippen LogP contribution in [-0.4, -0.2) is 17.8 Å². The highest BCUT2D eigenvalue weighted by atomic mass is 19.4. The molecule has 2 aromatic rings. The monoisotopic (exact) mass is 271 g/mol. The van der Waals surface area contributed by atoms with Crippen LogP contribution in [0, 0.1) is 6.92 Å². The number of halogens is 3. The van der Waals surface area contributed by atoms with Gasteiger partial charge in [-0.05, 0) is 31.2 Å².